The lowest BCUT2D eigenvalue weighted by molar-refractivity contribution is 0.248. The molecule has 0 radical (unpaired) electrons. The third-order valence-corrected chi connectivity index (χ3v) is 5.33. The molecule has 0 spiro atoms. The standard InChI is InChI=1S/C15H17N3OS2/c19-15(18-13-5-2-7-20-10-13)17-12-4-1-3-11(9-12)14-16-6-8-21-14/h1,3-4,6,8-9,13H,2,5,7,10H2,(H2,17,18,19)/t13-/m1/s1. The van der Waals surface area contributed by atoms with Crippen molar-refractivity contribution in [2.45, 2.75) is 18.9 Å². The topological polar surface area (TPSA) is 54.0 Å². The molecule has 1 fully saturated rings. The fourth-order valence-electron chi connectivity index (χ4n) is 2.30. The van der Waals surface area contributed by atoms with Crippen molar-refractivity contribution in [3.05, 3.63) is 35.8 Å². The molecular formula is C15H17N3OS2. The SMILES string of the molecule is O=C(Nc1cccc(-c2nccs2)c1)N[C@@H]1CCCSC1. The maximum Gasteiger partial charge on any atom is 0.319 e. The zero-order chi connectivity index (χ0) is 14.5. The lowest BCUT2D eigenvalue weighted by Crippen LogP contribution is -2.40. The minimum atomic E-state index is -0.126. The number of hydrogen-bond donors (Lipinski definition) is 2. The van der Waals surface area contributed by atoms with Gasteiger partial charge in [-0.25, -0.2) is 9.78 Å². The Kier molecular flexibility index (Phi) is 4.77. The van der Waals surface area contributed by atoms with E-state index in [4.69, 9.17) is 0 Å². The van der Waals surface area contributed by atoms with Crippen LogP contribution in [-0.2, 0) is 0 Å². The number of nitrogens with zero attached hydrogens (tertiary/aromatic N) is 1. The first-order valence-corrected chi connectivity index (χ1v) is 9.00. The number of anilines is 1. The summed E-state index contributed by atoms with van der Waals surface area (Å²) in [5.74, 6) is 2.21. The Bertz CT molecular complexity index is 595. The monoisotopic (exact) mass is 319 g/mol. The molecule has 1 aliphatic rings. The van der Waals surface area contributed by atoms with Gasteiger partial charge < -0.3 is 10.6 Å². The summed E-state index contributed by atoms with van der Waals surface area (Å²) in [5.41, 5.74) is 1.82. The molecule has 0 bridgehead atoms. The van der Waals surface area contributed by atoms with Gasteiger partial charge in [0.2, 0.25) is 0 Å². The number of carbonyl (C=O) groups is 1. The Morgan fingerprint density at radius 1 is 1.38 bits per heavy atom. The summed E-state index contributed by atoms with van der Waals surface area (Å²) >= 11 is 3.49. The van der Waals surface area contributed by atoms with Gasteiger partial charge in [-0.3, -0.25) is 0 Å². The van der Waals surface area contributed by atoms with Crippen LogP contribution in [0.3, 0.4) is 0 Å². The van der Waals surface area contributed by atoms with E-state index in [2.05, 4.69) is 15.6 Å². The number of carbonyl (C=O) groups excluding carboxylic acids is 1. The summed E-state index contributed by atoms with van der Waals surface area (Å²) in [6, 6.07) is 7.94. The minimum absolute atomic E-state index is 0.126. The second-order valence-electron chi connectivity index (χ2n) is 4.93. The molecule has 2 heterocycles. The van der Waals surface area contributed by atoms with Crippen LogP contribution in [0.1, 0.15) is 12.8 Å². The predicted octanol–water partition coefficient (Wildman–Crippen LogP) is 3.83. The molecule has 6 heteroatoms. The van der Waals surface area contributed by atoms with E-state index in [0.717, 1.165) is 28.4 Å². The molecule has 1 aromatic carbocycles. The zero-order valence-corrected chi connectivity index (χ0v) is 13.2. The molecule has 21 heavy (non-hydrogen) atoms. The highest BCUT2D eigenvalue weighted by atomic mass is 32.2. The molecule has 1 aliphatic heterocycles. The second-order valence-corrected chi connectivity index (χ2v) is 6.97. The Hall–Kier alpha value is -1.53. The van der Waals surface area contributed by atoms with Crippen molar-refractivity contribution in [1.29, 1.82) is 0 Å². The highest BCUT2D eigenvalue weighted by molar-refractivity contribution is 7.99. The number of aromatic nitrogens is 1. The molecule has 2 amide bonds. The van der Waals surface area contributed by atoms with E-state index in [9.17, 15) is 4.79 Å². The van der Waals surface area contributed by atoms with Crippen LogP contribution in [0.5, 0.6) is 0 Å². The third kappa shape index (κ3) is 3.98. The Labute approximate surface area is 132 Å². The van der Waals surface area contributed by atoms with Crippen molar-refractivity contribution in [2.75, 3.05) is 16.8 Å². The van der Waals surface area contributed by atoms with E-state index in [1.165, 1.54) is 12.2 Å². The molecule has 0 saturated carbocycles. The average molecular weight is 319 g/mol. The molecule has 1 atom stereocenters. The number of nitrogens with one attached hydrogen (secondary N) is 2. The number of hydrogen-bond acceptors (Lipinski definition) is 4. The van der Waals surface area contributed by atoms with E-state index in [1.807, 2.05) is 41.4 Å². The number of thiazole rings is 1. The molecule has 1 saturated heterocycles. The minimum Gasteiger partial charge on any atom is -0.334 e. The summed E-state index contributed by atoms with van der Waals surface area (Å²) in [7, 11) is 0. The Balaban J connectivity index is 1.62. The number of amides is 2. The van der Waals surface area contributed by atoms with Crippen molar-refractivity contribution < 1.29 is 4.79 Å². The van der Waals surface area contributed by atoms with Crippen molar-refractivity contribution in [1.82, 2.24) is 10.3 Å². The average Bonchev–Trinajstić information content (AvgIpc) is 3.02. The van der Waals surface area contributed by atoms with E-state index in [1.54, 1.807) is 17.5 Å². The molecule has 2 aromatic rings. The van der Waals surface area contributed by atoms with Crippen LogP contribution >= 0.6 is 23.1 Å². The third-order valence-electron chi connectivity index (χ3n) is 3.30. The van der Waals surface area contributed by atoms with Gasteiger partial charge in [0.15, 0.2) is 0 Å². The lowest BCUT2D eigenvalue weighted by atomic mass is 10.2. The van der Waals surface area contributed by atoms with Gasteiger partial charge in [-0.1, -0.05) is 12.1 Å². The second kappa shape index (κ2) is 6.95. The summed E-state index contributed by atoms with van der Waals surface area (Å²) in [5, 5.41) is 8.85. The normalized spacial score (nSPS) is 18.2. The maximum atomic E-state index is 12.0. The molecule has 1 aromatic heterocycles. The summed E-state index contributed by atoms with van der Waals surface area (Å²) in [6.07, 6.45) is 4.03. The quantitative estimate of drug-likeness (QED) is 0.904. The van der Waals surface area contributed by atoms with Gasteiger partial charge in [0.25, 0.3) is 0 Å². The molecule has 0 aliphatic carbocycles. The number of thioether (sulfide) groups is 1. The first-order chi connectivity index (χ1) is 10.3. The van der Waals surface area contributed by atoms with Crippen molar-refractivity contribution in [3.63, 3.8) is 0 Å². The fourth-order valence-corrected chi connectivity index (χ4v) is 4.01. The van der Waals surface area contributed by atoms with Crippen LogP contribution in [0.4, 0.5) is 10.5 Å². The number of rotatable bonds is 3. The zero-order valence-electron chi connectivity index (χ0n) is 11.5. The van der Waals surface area contributed by atoms with Crippen molar-refractivity contribution in [2.24, 2.45) is 0 Å². The van der Waals surface area contributed by atoms with E-state index in [0.29, 0.717) is 0 Å². The predicted molar refractivity (Wildman–Crippen MR) is 90.1 cm³/mol. The van der Waals surface area contributed by atoms with Crippen LogP contribution in [0, 0.1) is 0 Å². The van der Waals surface area contributed by atoms with Gasteiger partial charge in [0.1, 0.15) is 5.01 Å². The maximum absolute atomic E-state index is 12.0. The molecular weight excluding hydrogens is 302 g/mol. The first kappa shape index (κ1) is 14.4. The van der Waals surface area contributed by atoms with Gasteiger partial charge in [0.05, 0.1) is 0 Å². The van der Waals surface area contributed by atoms with Crippen LogP contribution in [-0.4, -0.2) is 28.6 Å². The largest absolute Gasteiger partial charge is 0.334 e. The molecule has 110 valence electrons. The Morgan fingerprint density at radius 3 is 3.10 bits per heavy atom. The Morgan fingerprint density at radius 2 is 2.33 bits per heavy atom. The number of benzene rings is 1. The summed E-state index contributed by atoms with van der Waals surface area (Å²) in [4.78, 5) is 16.3. The highest BCUT2D eigenvalue weighted by Crippen LogP contribution is 2.24. The van der Waals surface area contributed by atoms with Crippen LogP contribution < -0.4 is 10.6 Å². The van der Waals surface area contributed by atoms with E-state index >= 15 is 0 Å². The van der Waals surface area contributed by atoms with Gasteiger partial charge >= 0.3 is 6.03 Å². The fraction of sp³-hybridized carbons (Fsp3) is 0.333. The van der Waals surface area contributed by atoms with Gasteiger partial charge in [-0.15, -0.1) is 11.3 Å². The van der Waals surface area contributed by atoms with Gasteiger partial charge in [-0.2, -0.15) is 11.8 Å². The number of urea groups is 1. The van der Waals surface area contributed by atoms with Crippen LogP contribution in [0.15, 0.2) is 35.8 Å². The van der Waals surface area contributed by atoms with Crippen LogP contribution in [0.25, 0.3) is 10.6 Å². The van der Waals surface area contributed by atoms with Crippen LogP contribution in [0.2, 0.25) is 0 Å². The molecule has 3 rings (SSSR count). The van der Waals surface area contributed by atoms with Gasteiger partial charge in [-0.05, 0) is 30.7 Å². The molecule has 4 nitrogen and oxygen atoms in total. The van der Waals surface area contributed by atoms with E-state index in [-0.39, 0.29) is 12.1 Å². The van der Waals surface area contributed by atoms with Gasteiger partial charge in [0, 0.05) is 34.6 Å². The molecule has 0 unspecified atom stereocenters. The summed E-state index contributed by atoms with van der Waals surface area (Å²) < 4.78 is 0. The van der Waals surface area contributed by atoms with Crippen molar-refractivity contribution >= 4 is 34.8 Å². The smallest absolute Gasteiger partial charge is 0.319 e. The van der Waals surface area contributed by atoms with E-state index < -0.39 is 0 Å². The van der Waals surface area contributed by atoms with Crippen molar-refractivity contribution in [3.8, 4) is 10.6 Å². The summed E-state index contributed by atoms with van der Waals surface area (Å²) in [6.45, 7) is 0. The first-order valence-electron chi connectivity index (χ1n) is 6.96. The lowest BCUT2D eigenvalue weighted by Gasteiger charge is -2.22. The highest BCUT2D eigenvalue weighted by Gasteiger charge is 2.16. The molecule has 2 N–H and O–H groups in total.